The minimum absolute atomic E-state index is 0.0466. The fourth-order valence-electron chi connectivity index (χ4n) is 2.83. The molecular formula is C24H21FN2O5. The summed E-state index contributed by atoms with van der Waals surface area (Å²) in [5.74, 6) is -1.73. The van der Waals surface area contributed by atoms with Gasteiger partial charge < -0.3 is 20.1 Å². The Hall–Kier alpha value is -4.20. The first-order chi connectivity index (χ1) is 15.5. The standard InChI is InChI=1S/C24H21FN2O5/c1-31-24(30)17-12-10-16(11-13-17)14-26-23(29)18-6-2-5-9-21(18)32-15-22(28)27-20-8-4-3-7-19(20)25/h2-13H,14-15H2,1H3,(H,26,29)(H,27,28). The third-order valence-corrected chi connectivity index (χ3v) is 4.47. The summed E-state index contributed by atoms with van der Waals surface area (Å²) in [4.78, 5) is 36.2. The van der Waals surface area contributed by atoms with Gasteiger partial charge in [-0.05, 0) is 42.0 Å². The van der Waals surface area contributed by atoms with E-state index in [1.807, 2.05) is 0 Å². The molecule has 3 rings (SSSR count). The second-order valence-corrected chi connectivity index (χ2v) is 6.68. The van der Waals surface area contributed by atoms with Gasteiger partial charge in [0.05, 0.1) is 23.9 Å². The molecule has 0 aliphatic carbocycles. The van der Waals surface area contributed by atoms with Crippen molar-refractivity contribution < 1.29 is 28.2 Å². The number of hydrogen-bond donors (Lipinski definition) is 2. The molecule has 0 aliphatic heterocycles. The number of rotatable bonds is 8. The summed E-state index contributed by atoms with van der Waals surface area (Å²) >= 11 is 0. The Morgan fingerprint density at radius 2 is 1.59 bits per heavy atom. The summed E-state index contributed by atoms with van der Waals surface area (Å²) < 4.78 is 23.8. The lowest BCUT2D eigenvalue weighted by Gasteiger charge is -2.12. The summed E-state index contributed by atoms with van der Waals surface area (Å²) in [6, 6.07) is 18.9. The lowest BCUT2D eigenvalue weighted by atomic mass is 10.1. The molecule has 2 amide bonds. The van der Waals surface area contributed by atoms with Gasteiger partial charge in [0, 0.05) is 6.54 Å². The van der Waals surface area contributed by atoms with Gasteiger partial charge in [-0.15, -0.1) is 0 Å². The highest BCUT2D eigenvalue weighted by molar-refractivity contribution is 5.97. The maximum atomic E-state index is 13.7. The van der Waals surface area contributed by atoms with Crippen LogP contribution in [0.3, 0.4) is 0 Å². The summed E-state index contributed by atoms with van der Waals surface area (Å²) in [5.41, 5.74) is 1.49. The van der Waals surface area contributed by atoms with Gasteiger partial charge in [-0.3, -0.25) is 9.59 Å². The largest absolute Gasteiger partial charge is 0.483 e. The van der Waals surface area contributed by atoms with Crippen LogP contribution >= 0.6 is 0 Å². The van der Waals surface area contributed by atoms with Crippen LogP contribution in [-0.4, -0.2) is 31.5 Å². The molecule has 7 nitrogen and oxygen atoms in total. The molecule has 0 aliphatic rings. The molecule has 3 aromatic carbocycles. The van der Waals surface area contributed by atoms with Crippen LogP contribution in [0.5, 0.6) is 5.75 Å². The maximum absolute atomic E-state index is 13.7. The molecule has 0 saturated heterocycles. The second kappa shape index (κ2) is 10.7. The van der Waals surface area contributed by atoms with Crippen LogP contribution in [-0.2, 0) is 16.1 Å². The van der Waals surface area contributed by atoms with Gasteiger partial charge in [0.2, 0.25) is 0 Å². The zero-order chi connectivity index (χ0) is 22.9. The van der Waals surface area contributed by atoms with Crippen LogP contribution in [0.15, 0.2) is 72.8 Å². The molecule has 0 atom stereocenters. The van der Waals surface area contributed by atoms with Crippen LogP contribution in [0.2, 0.25) is 0 Å². The van der Waals surface area contributed by atoms with E-state index >= 15 is 0 Å². The second-order valence-electron chi connectivity index (χ2n) is 6.68. The molecule has 0 bridgehead atoms. The molecule has 8 heteroatoms. The van der Waals surface area contributed by atoms with Crippen molar-refractivity contribution in [3.63, 3.8) is 0 Å². The molecular weight excluding hydrogens is 415 g/mol. The van der Waals surface area contributed by atoms with E-state index in [1.165, 1.54) is 25.3 Å². The van der Waals surface area contributed by atoms with Crippen LogP contribution in [0.1, 0.15) is 26.3 Å². The quantitative estimate of drug-likeness (QED) is 0.527. The predicted molar refractivity (Wildman–Crippen MR) is 116 cm³/mol. The van der Waals surface area contributed by atoms with E-state index in [9.17, 15) is 18.8 Å². The molecule has 164 valence electrons. The van der Waals surface area contributed by atoms with Gasteiger partial charge in [-0.1, -0.05) is 36.4 Å². The van der Waals surface area contributed by atoms with Crippen molar-refractivity contribution in [3.8, 4) is 5.75 Å². The lowest BCUT2D eigenvalue weighted by Crippen LogP contribution is -2.25. The molecule has 32 heavy (non-hydrogen) atoms. The fraction of sp³-hybridized carbons (Fsp3) is 0.125. The summed E-state index contributed by atoms with van der Waals surface area (Å²) in [7, 11) is 1.31. The molecule has 0 fully saturated rings. The minimum atomic E-state index is -0.559. The molecule has 0 unspecified atom stereocenters. The number of benzene rings is 3. The average molecular weight is 436 g/mol. The van der Waals surface area contributed by atoms with Gasteiger partial charge in [0.15, 0.2) is 6.61 Å². The van der Waals surface area contributed by atoms with Crippen molar-refractivity contribution in [2.24, 2.45) is 0 Å². The highest BCUT2D eigenvalue weighted by Crippen LogP contribution is 2.19. The summed E-state index contributed by atoms with van der Waals surface area (Å²) in [6.45, 7) is -0.171. The Morgan fingerprint density at radius 1 is 0.906 bits per heavy atom. The zero-order valence-corrected chi connectivity index (χ0v) is 17.3. The maximum Gasteiger partial charge on any atom is 0.337 e. The van der Waals surface area contributed by atoms with Crippen LogP contribution in [0, 0.1) is 5.82 Å². The van der Waals surface area contributed by atoms with Crippen molar-refractivity contribution in [2.45, 2.75) is 6.54 Å². The van der Waals surface area contributed by atoms with Crippen LogP contribution in [0.25, 0.3) is 0 Å². The molecule has 0 aromatic heterocycles. The first-order valence-electron chi connectivity index (χ1n) is 9.69. The van der Waals surface area contributed by atoms with Gasteiger partial charge in [0.1, 0.15) is 11.6 Å². The molecule has 0 heterocycles. The highest BCUT2D eigenvalue weighted by Gasteiger charge is 2.14. The van der Waals surface area contributed by atoms with Gasteiger partial charge in [-0.2, -0.15) is 0 Å². The topological polar surface area (TPSA) is 93.7 Å². The summed E-state index contributed by atoms with van der Waals surface area (Å²) in [6.07, 6.45) is 0. The highest BCUT2D eigenvalue weighted by atomic mass is 19.1. The van der Waals surface area contributed by atoms with E-state index < -0.39 is 30.2 Å². The van der Waals surface area contributed by atoms with E-state index in [-0.39, 0.29) is 23.5 Å². The van der Waals surface area contributed by atoms with E-state index in [0.717, 1.165) is 5.56 Å². The van der Waals surface area contributed by atoms with Crippen LogP contribution < -0.4 is 15.4 Å². The number of esters is 1. The average Bonchev–Trinajstić information content (AvgIpc) is 2.82. The van der Waals surface area contributed by atoms with Crippen molar-refractivity contribution in [2.75, 3.05) is 19.0 Å². The van der Waals surface area contributed by atoms with E-state index in [2.05, 4.69) is 15.4 Å². The Labute approximate surface area is 184 Å². The number of para-hydroxylation sites is 2. The van der Waals surface area contributed by atoms with Crippen LogP contribution in [0.4, 0.5) is 10.1 Å². The summed E-state index contributed by atoms with van der Waals surface area (Å²) in [5, 5.41) is 5.19. The van der Waals surface area contributed by atoms with Crippen molar-refractivity contribution >= 4 is 23.5 Å². The molecule has 0 saturated carbocycles. The zero-order valence-electron chi connectivity index (χ0n) is 17.3. The molecule has 2 N–H and O–H groups in total. The number of carbonyl (C=O) groups excluding carboxylic acids is 3. The number of ether oxygens (including phenoxy) is 2. The number of carbonyl (C=O) groups is 3. The third kappa shape index (κ3) is 5.91. The van der Waals surface area contributed by atoms with E-state index in [1.54, 1.807) is 54.6 Å². The van der Waals surface area contributed by atoms with Gasteiger partial charge >= 0.3 is 5.97 Å². The van der Waals surface area contributed by atoms with Gasteiger partial charge in [-0.25, -0.2) is 9.18 Å². The number of methoxy groups -OCH3 is 1. The number of hydrogen-bond acceptors (Lipinski definition) is 5. The van der Waals surface area contributed by atoms with E-state index in [4.69, 9.17) is 4.74 Å². The number of nitrogens with one attached hydrogen (secondary N) is 2. The molecule has 0 radical (unpaired) electrons. The first kappa shape index (κ1) is 22.5. The SMILES string of the molecule is COC(=O)c1ccc(CNC(=O)c2ccccc2OCC(=O)Nc2ccccc2F)cc1. The minimum Gasteiger partial charge on any atom is -0.483 e. The normalized spacial score (nSPS) is 10.2. The Bertz CT molecular complexity index is 1120. The Balaban J connectivity index is 1.58. The smallest absolute Gasteiger partial charge is 0.337 e. The van der Waals surface area contributed by atoms with Crippen molar-refractivity contribution in [1.82, 2.24) is 5.32 Å². The van der Waals surface area contributed by atoms with Crippen molar-refractivity contribution in [3.05, 3.63) is 95.3 Å². The Morgan fingerprint density at radius 3 is 2.31 bits per heavy atom. The van der Waals surface area contributed by atoms with Gasteiger partial charge in [0.25, 0.3) is 11.8 Å². The third-order valence-electron chi connectivity index (χ3n) is 4.47. The van der Waals surface area contributed by atoms with E-state index in [0.29, 0.717) is 5.56 Å². The number of anilines is 1. The lowest BCUT2D eigenvalue weighted by molar-refractivity contribution is -0.118. The molecule has 3 aromatic rings. The first-order valence-corrected chi connectivity index (χ1v) is 9.69. The van der Waals surface area contributed by atoms with Crippen molar-refractivity contribution in [1.29, 1.82) is 0 Å². The molecule has 0 spiro atoms. The monoisotopic (exact) mass is 436 g/mol. The predicted octanol–water partition coefficient (Wildman–Crippen LogP) is 3.56. The number of halogens is 1. The number of amides is 2. The Kier molecular flexibility index (Phi) is 7.53. The fourth-order valence-corrected chi connectivity index (χ4v) is 2.83.